The number of aliphatic hydroxyl groups excluding tert-OH is 1. The van der Waals surface area contributed by atoms with E-state index < -0.39 is 11.7 Å². The normalized spacial score (nSPS) is 15.2. The number of ketones is 1. The van der Waals surface area contributed by atoms with Crippen LogP contribution in [0.15, 0.2) is 30.0 Å². The van der Waals surface area contributed by atoms with E-state index in [9.17, 15) is 30.3 Å². The molecule has 1 atom stereocenters. The third kappa shape index (κ3) is 5.56. The van der Waals surface area contributed by atoms with Crippen LogP contribution in [0.3, 0.4) is 0 Å². The Bertz CT molecular complexity index is 1150. The minimum absolute atomic E-state index is 0.0810. The van der Waals surface area contributed by atoms with E-state index in [4.69, 9.17) is 0 Å². The molecule has 1 unspecified atom stereocenters. The molecule has 5 N–H and O–H groups in total. The Morgan fingerprint density at radius 3 is 1.58 bits per heavy atom. The highest BCUT2D eigenvalue weighted by Gasteiger charge is 2.46. The van der Waals surface area contributed by atoms with E-state index in [0.717, 1.165) is 12.1 Å². The number of nitrogens with zero attached hydrogens (tertiary/aromatic N) is 2. The number of Topliss-reactive ketones (excluding diaryl/α,β-unsaturated/α-hetero) is 1. The van der Waals surface area contributed by atoms with Gasteiger partial charge in [0.05, 0.1) is 16.8 Å². The van der Waals surface area contributed by atoms with Crippen molar-refractivity contribution in [2.24, 2.45) is 0 Å². The van der Waals surface area contributed by atoms with Crippen LogP contribution in [-0.2, 0) is 4.79 Å². The molecule has 0 aromatic heterocycles. The van der Waals surface area contributed by atoms with Crippen molar-refractivity contribution < 1.29 is 30.3 Å². The van der Waals surface area contributed by atoms with Crippen molar-refractivity contribution in [1.29, 1.82) is 0 Å². The van der Waals surface area contributed by atoms with E-state index in [-0.39, 0.29) is 45.5 Å². The van der Waals surface area contributed by atoms with Crippen LogP contribution in [0.25, 0.3) is 5.57 Å². The molecular weight excluding hydrogens is 541 g/mol. The number of allylic oxidation sites excluding steroid dienone is 2. The van der Waals surface area contributed by atoms with Gasteiger partial charge in [0.25, 0.3) is 0 Å². The molecule has 0 radical (unpaired) electrons. The summed E-state index contributed by atoms with van der Waals surface area (Å²) in [7, 11) is 0. The number of carbonyl (C=O) groups is 1. The molecule has 0 heterocycles. The fourth-order valence-corrected chi connectivity index (χ4v) is 5.40. The first-order valence-electron chi connectivity index (χ1n) is 11.2. The van der Waals surface area contributed by atoms with Crippen molar-refractivity contribution in [2.45, 2.75) is 5.92 Å². The topological polar surface area (TPSA) is 125 Å². The van der Waals surface area contributed by atoms with Crippen LogP contribution in [-0.4, -0.2) is 80.5 Å². The maximum atomic E-state index is 13.6. The van der Waals surface area contributed by atoms with E-state index in [2.05, 4.69) is 50.5 Å². The van der Waals surface area contributed by atoms with Crippen LogP contribution < -0.4 is 9.80 Å². The summed E-state index contributed by atoms with van der Waals surface area (Å²) in [5.41, 5.74) is 0.846. The molecule has 2 aromatic rings. The van der Waals surface area contributed by atoms with Crippen molar-refractivity contribution in [1.82, 2.24) is 0 Å². The number of thiol groups is 4. The minimum Gasteiger partial charge on any atom is -0.510 e. The largest absolute Gasteiger partial charge is 0.510 e. The zero-order valence-electron chi connectivity index (χ0n) is 19.4. The van der Waals surface area contributed by atoms with Crippen molar-refractivity contribution in [3.8, 4) is 23.0 Å². The van der Waals surface area contributed by atoms with E-state index >= 15 is 0 Å². The zero-order valence-corrected chi connectivity index (χ0v) is 22.9. The van der Waals surface area contributed by atoms with E-state index in [1.54, 1.807) is 4.90 Å². The highest BCUT2D eigenvalue weighted by atomic mass is 32.1. The number of carbonyl (C=O) groups excluding carboxylic acids is 1. The van der Waals surface area contributed by atoms with Gasteiger partial charge in [-0.1, -0.05) is 0 Å². The lowest BCUT2D eigenvalue weighted by molar-refractivity contribution is -0.116. The first-order valence-corrected chi connectivity index (χ1v) is 13.8. The standard InChI is InChI=1S/C24H30N2O6S4/c27-13-9-15(25(1-5-33)2-6-34)19(17(29)11-13)21-23(31)22(24(21)32)20-16(10-14(28)12-18(20)30)26(3-7-35)4-8-36/h9-12,21,27-31,33-36H,1-8H2. The zero-order chi connectivity index (χ0) is 26.6. The van der Waals surface area contributed by atoms with E-state index in [1.807, 2.05) is 4.90 Å². The van der Waals surface area contributed by atoms with Gasteiger partial charge in [0.1, 0.15) is 34.7 Å². The molecule has 0 saturated carbocycles. The highest BCUT2D eigenvalue weighted by molar-refractivity contribution is 7.80. The number of hydrogen-bond acceptors (Lipinski definition) is 12. The molecule has 36 heavy (non-hydrogen) atoms. The number of rotatable bonds is 12. The summed E-state index contributed by atoms with van der Waals surface area (Å²) in [6.45, 7) is 1.78. The molecule has 1 aliphatic carbocycles. The predicted octanol–water partition coefficient (Wildman–Crippen LogP) is 3.48. The summed E-state index contributed by atoms with van der Waals surface area (Å²) < 4.78 is 0. The summed E-state index contributed by atoms with van der Waals surface area (Å²) in [6.07, 6.45) is 0. The molecule has 196 valence electrons. The average Bonchev–Trinajstić information content (AvgIpc) is 2.81. The average molecular weight is 571 g/mol. The van der Waals surface area contributed by atoms with Gasteiger partial charge >= 0.3 is 0 Å². The van der Waals surface area contributed by atoms with Gasteiger partial charge in [-0.05, 0) is 0 Å². The van der Waals surface area contributed by atoms with Gasteiger partial charge < -0.3 is 35.3 Å². The second-order valence-electron chi connectivity index (χ2n) is 8.18. The van der Waals surface area contributed by atoms with Gasteiger partial charge in [0.2, 0.25) is 0 Å². The number of phenols is 4. The molecule has 0 amide bonds. The van der Waals surface area contributed by atoms with Crippen molar-refractivity contribution in [3.05, 3.63) is 41.2 Å². The molecule has 0 fully saturated rings. The number of hydrogen-bond donors (Lipinski definition) is 9. The van der Waals surface area contributed by atoms with Crippen LogP contribution in [0.4, 0.5) is 11.4 Å². The Morgan fingerprint density at radius 1 is 0.667 bits per heavy atom. The molecule has 0 aliphatic heterocycles. The number of aliphatic hydroxyl groups is 1. The number of aromatic hydroxyl groups is 4. The number of benzene rings is 2. The Hall–Kier alpha value is -2.15. The molecular formula is C24H30N2O6S4. The maximum absolute atomic E-state index is 13.6. The summed E-state index contributed by atoms with van der Waals surface area (Å²) in [4.78, 5) is 17.2. The molecule has 0 saturated heterocycles. The molecule has 0 spiro atoms. The van der Waals surface area contributed by atoms with Crippen LogP contribution in [0.1, 0.15) is 17.0 Å². The Kier molecular flexibility index (Phi) is 9.79. The molecule has 1 aliphatic rings. The van der Waals surface area contributed by atoms with Gasteiger partial charge in [-0.2, -0.15) is 50.5 Å². The predicted molar refractivity (Wildman–Crippen MR) is 157 cm³/mol. The van der Waals surface area contributed by atoms with Crippen LogP contribution in [0.2, 0.25) is 0 Å². The van der Waals surface area contributed by atoms with Crippen molar-refractivity contribution >= 4 is 73.2 Å². The van der Waals surface area contributed by atoms with Gasteiger partial charge in [0, 0.05) is 84.7 Å². The fourth-order valence-electron chi connectivity index (χ4n) is 4.44. The lowest BCUT2D eigenvalue weighted by atomic mass is 9.73. The van der Waals surface area contributed by atoms with Gasteiger partial charge in [-0.15, -0.1) is 0 Å². The number of phenolic OH excluding ortho intramolecular Hbond substituents is 4. The first-order chi connectivity index (χ1) is 17.2. The second-order valence-corrected chi connectivity index (χ2v) is 9.97. The van der Waals surface area contributed by atoms with Crippen molar-refractivity contribution in [2.75, 3.05) is 59.0 Å². The maximum Gasteiger partial charge on any atom is 0.182 e. The number of anilines is 2. The Morgan fingerprint density at radius 2 is 1.11 bits per heavy atom. The summed E-state index contributed by atoms with van der Waals surface area (Å²) in [5.74, 6) is -1.33. The van der Waals surface area contributed by atoms with Crippen LogP contribution in [0, 0.1) is 0 Å². The SMILES string of the molecule is O=C1C(c2c(O)cc(O)cc2N(CCS)CCS)=C(O)C1c1c(O)cc(O)cc1N(CCS)CCS. The summed E-state index contributed by atoms with van der Waals surface area (Å²) in [6, 6.07) is 5.05. The van der Waals surface area contributed by atoms with Crippen LogP contribution in [0.5, 0.6) is 23.0 Å². The van der Waals surface area contributed by atoms with Gasteiger partial charge in [-0.25, -0.2) is 0 Å². The molecule has 2 aromatic carbocycles. The van der Waals surface area contributed by atoms with Crippen LogP contribution >= 0.6 is 50.5 Å². The molecule has 0 bridgehead atoms. The summed E-state index contributed by atoms with van der Waals surface area (Å²) in [5, 5.41) is 52.9. The van der Waals surface area contributed by atoms with E-state index in [0.29, 0.717) is 60.6 Å². The monoisotopic (exact) mass is 570 g/mol. The lowest BCUT2D eigenvalue weighted by Crippen LogP contribution is -2.34. The van der Waals surface area contributed by atoms with Gasteiger partial charge in [-0.3, -0.25) is 4.79 Å². The van der Waals surface area contributed by atoms with E-state index in [1.165, 1.54) is 12.1 Å². The molecule has 12 heteroatoms. The van der Waals surface area contributed by atoms with Crippen molar-refractivity contribution in [3.63, 3.8) is 0 Å². The molecule has 3 rings (SSSR count). The molecule has 8 nitrogen and oxygen atoms in total. The second kappa shape index (κ2) is 12.4. The van der Waals surface area contributed by atoms with Gasteiger partial charge in [0.15, 0.2) is 5.78 Å². The smallest absolute Gasteiger partial charge is 0.182 e. The highest BCUT2D eigenvalue weighted by Crippen LogP contribution is 2.53. The Balaban J connectivity index is 2.19. The third-order valence-corrected chi connectivity index (χ3v) is 6.74. The first kappa shape index (κ1) is 28.4. The minimum atomic E-state index is -1.21. The third-order valence-electron chi connectivity index (χ3n) is 5.94. The quantitative estimate of drug-likeness (QED) is 0.178. The fraction of sp³-hybridized carbons (Fsp3) is 0.375. The lowest BCUT2D eigenvalue weighted by Gasteiger charge is -2.35. The Labute approximate surface area is 231 Å². The summed E-state index contributed by atoms with van der Waals surface area (Å²) >= 11 is 17.1.